The molecule has 7 nitrogen and oxygen atoms in total. The number of hydrogen-bond acceptors (Lipinski definition) is 5. The van der Waals surface area contributed by atoms with Crippen molar-refractivity contribution >= 4 is 23.0 Å². The lowest BCUT2D eigenvalue weighted by Crippen LogP contribution is -2.45. The van der Waals surface area contributed by atoms with E-state index >= 15 is 0 Å². The van der Waals surface area contributed by atoms with Crippen LogP contribution in [0.15, 0.2) is 40.9 Å². The summed E-state index contributed by atoms with van der Waals surface area (Å²) in [7, 11) is 3.67. The Bertz CT molecular complexity index is 859. The van der Waals surface area contributed by atoms with Gasteiger partial charge < -0.3 is 14.2 Å². The molecule has 1 amide bonds. The van der Waals surface area contributed by atoms with Crippen LogP contribution in [0.5, 0.6) is 0 Å². The van der Waals surface area contributed by atoms with E-state index in [1.165, 1.54) is 0 Å². The quantitative estimate of drug-likeness (QED) is 0.732. The number of nitrogens with zero attached hydrogens (tertiary/aromatic N) is 5. The lowest BCUT2D eigenvalue weighted by molar-refractivity contribution is 0.0701. The molecule has 1 aromatic carbocycles. The normalized spacial score (nSPS) is 15.7. The molecule has 4 rings (SSSR count). The van der Waals surface area contributed by atoms with Gasteiger partial charge in [0.2, 0.25) is 0 Å². The monoisotopic (exact) mass is 339 g/mol. The van der Waals surface area contributed by atoms with E-state index in [1.807, 2.05) is 43.3 Å². The molecule has 0 bridgehead atoms. The predicted molar refractivity (Wildman–Crippen MR) is 94.5 cm³/mol. The molecule has 0 atom stereocenters. The highest BCUT2D eigenvalue weighted by Crippen LogP contribution is 2.25. The number of oxazole rings is 1. The van der Waals surface area contributed by atoms with E-state index < -0.39 is 0 Å². The van der Waals surface area contributed by atoms with Crippen LogP contribution < -0.4 is 4.90 Å². The minimum Gasteiger partial charge on any atom is -0.423 e. The molecule has 7 heteroatoms. The number of hydrogen-bond donors (Lipinski definition) is 0. The van der Waals surface area contributed by atoms with Crippen molar-refractivity contribution in [2.75, 3.05) is 25.0 Å². The van der Waals surface area contributed by atoms with Gasteiger partial charge in [0.1, 0.15) is 11.2 Å². The molecule has 0 radical (unpaired) electrons. The molecule has 0 saturated carbocycles. The molecule has 130 valence electrons. The predicted octanol–water partition coefficient (Wildman–Crippen LogP) is 2.30. The van der Waals surface area contributed by atoms with Crippen molar-refractivity contribution in [3.63, 3.8) is 0 Å². The maximum absolute atomic E-state index is 12.5. The summed E-state index contributed by atoms with van der Waals surface area (Å²) in [5.41, 5.74) is 2.18. The number of carbonyl (C=O) groups is 1. The summed E-state index contributed by atoms with van der Waals surface area (Å²) in [6.45, 7) is 1.63. The van der Waals surface area contributed by atoms with E-state index in [2.05, 4.69) is 15.0 Å². The van der Waals surface area contributed by atoms with Crippen LogP contribution in [-0.2, 0) is 7.05 Å². The number of amides is 1. The van der Waals surface area contributed by atoms with Gasteiger partial charge in [0, 0.05) is 39.4 Å². The van der Waals surface area contributed by atoms with E-state index in [-0.39, 0.29) is 11.9 Å². The molecule has 1 aliphatic rings. The highest BCUT2D eigenvalue weighted by Gasteiger charge is 2.28. The second kappa shape index (κ2) is 6.23. The zero-order valence-electron chi connectivity index (χ0n) is 14.4. The number of carbonyl (C=O) groups excluding carboxylic acids is 1. The Morgan fingerprint density at radius 3 is 2.68 bits per heavy atom. The molecular formula is C18H21N5O2. The van der Waals surface area contributed by atoms with Crippen molar-refractivity contribution in [3.8, 4) is 0 Å². The number of aromatic nitrogens is 3. The fourth-order valence-electron chi connectivity index (χ4n) is 3.32. The van der Waals surface area contributed by atoms with Gasteiger partial charge in [0.15, 0.2) is 5.58 Å². The van der Waals surface area contributed by atoms with Crippen LogP contribution in [0.3, 0.4) is 0 Å². The molecular weight excluding hydrogens is 318 g/mol. The minimum atomic E-state index is -0.0269. The number of anilines is 1. The first-order valence-corrected chi connectivity index (χ1v) is 8.49. The Balaban J connectivity index is 1.41. The van der Waals surface area contributed by atoms with Gasteiger partial charge in [-0.2, -0.15) is 10.1 Å². The summed E-state index contributed by atoms with van der Waals surface area (Å²) in [6.07, 6.45) is 3.55. The van der Waals surface area contributed by atoms with Gasteiger partial charge in [0.05, 0.1) is 0 Å². The van der Waals surface area contributed by atoms with E-state index in [9.17, 15) is 4.79 Å². The van der Waals surface area contributed by atoms with Crippen molar-refractivity contribution < 1.29 is 9.21 Å². The Kier molecular flexibility index (Phi) is 3.91. The van der Waals surface area contributed by atoms with Gasteiger partial charge in [-0.3, -0.25) is 9.48 Å². The van der Waals surface area contributed by atoms with Gasteiger partial charge in [-0.15, -0.1) is 0 Å². The van der Waals surface area contributed by atoms with Crippen LogP contribution in [0.2, 0.25) is 0 Å². The minimum absolute atomic E-state index is 0.0269. The van der Waals surface area contributed by atoms with Crippen molar-refractivity contribution in [2.24, 2.45) is 7.05 Å². The number of fused-ring (bicyclic) bond motifs is 1. The van der Waals surface area contributed by atoms with E-state index in [4.69, 9.17) is 4.42 Å². The Morgan fingerprint density at radius 2 is 2.00 bits per heavy atom. The van der Waals surface area contributed by atoms with Crippen molar-refractivity contribution in [1.29, 1.82) is 0 Å². The first kappa shape index (κ1) is 15.7. The van der Waals surface area contributed by atoms with Crippen molar-refractivity contribution in [3.05, 3.63) is 42.2 Å². The number of rotatable bonds is 3. The summed E-state index contributed by atoms with van der Waals surface area (Å²) >= 11 is 0. The zero-order valence-corrected chi connectivity index (χ0v) is 14.4. The fourth-order valence-corrected chi connectivity index (χ4v) is 3.32. The lowest BCUT2D eigenvalue weighted by atomic mass is 10.0. The third-order valence-corrected chi connectivity index (χ3v) is 4.82. The fraction of sp³-hybridized carbons (Fsp3) is 0.389. The summed E-state index contributed by atoms with van der Waals surface area (Å²) < 4.78 is 7.49. The second-order valence-electron chi connectivity index (χ2n) is 6.47. The summed E-state index contributed by atoms with van der Waals surface area (Å²) in [5, 5.41) is 4.20. The molecule has 0 unspecified atom stereocenters. The first-order chi connectivity index (χ1) is 12.1. The third-order valence-electron chi connectivity index (χ3n) is 4.82. The third kappa shape index (κ3) is 2.97. The SMILES string of the molecule is CN(C(=O)c1ccn(C)n1)C1CCN(c2nc3ccccc3o2)CC1. The average molecular weight is 339 g/mol. The summed E-state index contributed by atoms with van der Waals surface area (Å²) in [4.78, 5) is 21.0. The van der Waals surface area contributed by atoms with E-state index in [0.717, 1.165) is 37.0 Å². The summed E-state index contributed by atoms with van der Waals surface area (Å²) in [5.74, 6) is -0.0269. The van der Waals surface area contributed by atoms with Crippen LogP contribution in [0.4, 0.5) is 6.01 Å². The van der Waals surface area contributed by atoms with Gasteiger partial charge in [0.25, 0.3) is 11.9 Å². The smallest absolute Gasteiger partial charge is 0.298 e. The van der Waals surface area contributed by atoms with E-state index in [1.54, 1.807) is 16.9 Å². The Labute approximate surface area is 145 Å². The van der Waals surface area contributed by atoms with Crippen LogP contribution in [-0.4, -0.2) is 51.8 Å². The van der Waals surface area contributed by atoms with Crippen LogP contribution in [0.25, 0.3) is 11.1 Å². The number of para-hydroxylation sites is 2. The zero-order chi connectivity index (χ0) is 17.4. The molecule has 0 spiro atoms. The molecule has 1 saturated heterocycles. The number of benzene rings is 1. The first-order valence-electron chi connectivity index (χ1n) is 8.49. The largest absolute Gasteiger partial charge is 0.423 e. The maximum atomic E-state index is 12.5. The van der Waals surface area contributed by atoms with Crippen LogP contribution in [0.1, 0.15) is 23.3 Å². The highest BCUT2D eigenvalue weighted by molar-refractivity contribution is 5.92. The van der Waals surface area contributed by atoms with Crippen molar-refractivity contribution in [2.45, 2.75) is 18.9 Å². The van der Waals surface area contributed by atoms with E-state index in [0.29, 0.717) is 11.7 Å². The van der Waals surface area contributed by atoms with Gasteiger partial charge in [-0.1, -0.05) is 12.1 Å². The lowest BCUT2D eigenvalue weighted by Gasteiger charge is -2.35. The van der Waals surface area contributed by atoms with Crippen molar-refractivity contribution in [1.82, 2.24) is 19.7 Å². The highest BCUT2D eigenvalue weighted by atomic mass is 16.4. The average Bonchev–Trinajstić information content (AvgIpc) is 3.26. The maximum Gasteiger partial charge on any atom is 0.298 e. The van der Waals surface area contributed by atoms with Gasteiger partial charge in [-0.25, -0.2) is 0 Å². The Hall–Kier alpha value is -2.83. The molecule has 1 fully saturated rings. The van der Waals surface area contributed by atoms with Crippen LogP contribution >= 0.6 is 0 Å². The van der Waals surface area contributed by atoms with Gasteiger partial charge in [-0.05, 0) is 31.0 Å². The molecule has 0 aliphatic carbocycles. The molecule has 25 heavy (non-hydrogen) atoms. The molecule has 3 aromatic rings. The van der Waals surface area contributed by atoms with Gasteiger partial charge >= 0.3 is 0 Å². The number of piperidine rings is 1. The molecule has 3 heterocycles. The molecule has 1 aliphatic heterocycles. The second-order valence-corrected chi connectivity index (χ2v) is 6.47. The molecule has 0 N–H and O–H groups in total. The number of aryl methyl sites for hydroxylation is 1. The standard InChI is InChI=1S/C18H21N5O2/c1-21-10-9-15(20-21)17(24)22(2)13-7-11-23(12-8-13)18-19-14-5-3-4-6-16(14)25-18/h3-6,9-10,13H,7-8,11-12H2,1-2H3. The van der Waals surface area contributed by atoms with Crippen LogP contribution in [0, 0.1) is 0 Å². The Morgan fingerprint density at radius 1 is 1.24 bits per heavy atom. The summed E-state index contributed by atoms with van der Waals surface area (Å²) in [6, 6.07) is 10.4. The topological polar surface area (TPSA) is 67.4 Å². The molecule has 2 aromatic heterocycles.